The zero-order valence-corrected chi connectivity index (χ0v) is 11.2. The van der Waals surface area contributed by atoms with Crippen molar-refractivity contribution < 1.29 is 5.11 Å². The molecule has 2 atom stereocenters. The Balaban J connectivity index is 1.88. The van der Waals surface area contributed by atoms with Crippen LogP contribution in [0.4, 0.5) is 5.69 Å². The molecule has 2 unspecified atom stereocenters. The summed E-state index contributed by atoms with van der Waals surface area (Å²) in [5.74, 6) is 0. The van der Waals surface area contributed by atoms with Gasteiger partial charge in [0.05, 0.1) is 11.6 Å². The first-order chi connectivity index (χ1) is 8.53. The molecule has 1 fully saturated rings. The van der Waals surface area contributed by atoms with Gasteiger partial charge < -0.3 is 15.7 Å². The SMILES string of the molecule is CC1(C)CNCCC1(O)C1Cc2ccccc2N1. The monoisotopic (exact) mass is 246 g/mol. The molecule has 0 bridgehead atoms. The summed E-state index contributed by atoms with van der Waals surface area (Å²) >= 11 is 0. The lowest BCUT2D eigenvalue weighted by atomic mass is 9.66. The molecule has 2 heterocycles. The molecule has 3 rings (SSSR count). The lowest BCUT2D eigenvalue weighted by molar-refractivity contribution is -0.0993. The van der Waals surface area contributed by atoms with Crippen molar-refractivity contribution in [3.63, 3.8) is 0 Å². The van der Waals surface area contributed by atoms with Crippen LogP contribution in [0, 0.1) is 5.41 Å². The van der Waals surface area contributed by atoms with Crippen molar-refractivity contribution >= 4 is 5.69 Å². The largest absolute Gasteiger partial charge is 0.387 e. The van der Waals surface area contributed by atoms with E-state index in [9.17, 15) is 5.11 Å². The number of benzene rings is 1. The van der Waals surface area contributed by atoms with Crippen molar-refractivity contribution in [3.8, 4) is 0 Å². The molecule has 1 aromatic rings. The predicted molar refractivity (Wildman–Crippen MR) is 73.8 cm³/mol. The van der Waals surface area contributed by atoms with Crippen LogP contribution in [0.5, 0.6) is 0 Å². The normalized spacial score (nSPS) is 33.8. The molecule has 0 aliphatic carbocycles. The Morgan fingerprint density at radius 2 is 2.06 bits per heavy atom. The van der Waals surface area contributed by atoms with Crippen LogP contribution in [-0.2, 0) is 6.42 Å². The predicted octanol–water partition coefficient (Wildman–Crippen LogP) is 1.77. The molecule has 2 aliphatic rings. The number of aliphatic hydroxyl groups is 1. The van der Waals surface area contributed by atoms with Gasteiger partial charge in [-0.2, -0.15) is 0 Å². The highest BCUT2D eigenvalue weighted by atomic mass is 16.3. The molecule has 3 nitrogen and oxygen atoms in total. The molecule has 1 saturated heterocycles. The highest BCUT2D eigenvalue weighted by molar-refractivity contribution is 5.57. The number of para-hydroxylation sites is 1. The average Bonchev–Trinajstić information content (AvgIpc) is 2.77. The van der Waals surface area contributed by atoms with Gasteiger partial charge in [-0.15, -0.1) is 0 Å². The lowest BCUT2D eigenvalue weighted by Gasteiger charge is -2.50. The second-order valence-electron chi connectivity index (χ2n) is 6.29. The van der Waals surface area contributed by atoms with Crippen molar-refractivity contribution in [1.29, 1.82) is 0 Å². The molecular weight excluding hydrogens is 224 g/mol. The number of fused-ring (bicyclic) bond motifs is 1. The van der Waals surface area contributed by atoms with E-state index < -0.39 is 5.60 Å². The van der Waals surface area contributed by atoms with Gasteiger partial charge in [-0.3, -0.25) is 0 Å². The van der Waals surface area contributed by atoms with Gasteiger partial charge in [0, 0.05) is 17.6 Å². The quantitative estimate of drug-likeness (QED) is 0.707. The van der Waals surface area contributed by atoms with Gasteiger partial charge >= 0.3 is 0 Å². The first-order valence-corrected chi connectivity index (χ1v) is 6.80. The summed E-state index contributed by atoms with van der Waals surface area (Å²) in [7, 11) is 0. The molecule has 3 N–H and O–H groups in total. The van der Waals surface area contributed by atoms with E-state index in [0.717, 1.165) is 25.9 Å². The Morgan fingerprint density at radius 3 is 2.78 bits per heavy atom. The van der Waals surface area contributed by atoms with Crippen LogP contribution in [0.25, 0.3) is 0 Å². The minimum atomic E-state index is -0.642. The maximum atomic E-state index is 11.2. The van der Waals surface area contributed by atoms with Gasteiger partial charge in [0.1, 0.15) is 0 Å². The fourth-order valence-corrected chi connectivity index (χ4v) is 3.40. The summed E-state index contributed by atoms with van der Waals surface area (Å²) in [6, 6.07) is 8.51. The summed E-state index contributed by atoms with van der Waals surface area (Å²) in [5, 5.41) is 18.1. The minimum Gasteiger partial charge on any atom is -0.387 e. The molecule has 18 heavy (non-hydrogen) atoms. The molecule has 0 radical (unpaired) electrons. The van der Waals surface area contributed by atoms with Gasteiger partial charge in [0.15, 0.2) is 0 Å². The van der Waals surface area contributed by atoms with E-state index in [-0.39, 0.29) is 11.5 Å². The Bertz CT molecular complexity index is 433. The molecular formula is C15H22N2O. The number of hydrogen-bond donors (Lipinski definition) is 3. The maximum Gasteiger partial charge on any atom is 0.0925 e. The molecule has 0 amide bonds. The van der Waals surface area contributed by atoms with Crippen LogP contribution in [0.1, 0.15) is 25.8 Å². The third-order valence-corrected chi connectivity index (χ3v) is 4.77. The van der Waals surface area contributed by atoms with Crippen LogP contribution in [-0.4, -0.2) is 29.8 Å². The van der Waals surface area contributed by atoms with Gasteiger partial charge in [0.2, 0.25) is 0 Å². The van der Waals surface area contributed by atoms with Crippen molar-refractivity contribution in [2.45, 2.75) is 38.3 Å². The van der Waals surface area contributed by atoms with E-state index in [1.165, 1.54) is 11.3 Å². The van der Waals surface area contributed by atoms with E-state index in [2.05, 4.69) is 42.7 Å². The molecule has 98 valence electrons. The van der Waals surface area contributed by atoms with Crippen molar-refractivity contribution in [2.75, 3.05) is 18.4 Å². The van der Waals surface area contributed by atoms with Crippen molar-refractivity contribution in [2.24, 2.45) is 5.41 Å². The summed E-state index contributed by atoms with van der Waals surface area (Å²) in [5.41, 5.74) is 1.76. The number of rotatable bonds is 1. The van der Waals surface area contributed by atoms with Gasteiger partial charge in [0.25, 0.3) is 0 Å². The maximum absolute atomic E-state index is 11.2. The Morgan fingerprint density at radius 1 is 1.28 bits per heavy atom. The molecule has 1 aromatic carbocycles. The fraction of sp³-hybridized carbons (Fsp3) is 0.600. The molecule has 0 aromatic heterocycles. The first kappa shape index (κ1) is 12.0. The van der Waals surface area contributed by atoms with Crippen LogP contribution < -0.4 is 10.6 Å². The standard InChI is InChI=1S/C15H22N2O/c1-14(2)10-16-8-7-15(14,18)13-9-11-5-3-4-6-12(11)17-13/h3-6,13,16-18H,7-10H2,1-2H3. The summed E-state index contributed by atoms with van der Waals surface area (Å²) in [6.45, 7) is 6.08. The van der Waals surface area contributed by atoms with Crippen molar-refractivity contribution in [1.82, 2.24) is 5.32 Å². The van der Waals surface area contributed by atoms with Crippen molar-refractivity contribution in [3.05, 3.63) is 29.8 Å². The van der Waals surface area contributed by atoms with Crippen LogP contribution >= 0.6 is 0 Å². The van der Waals surface area contributed by atoms with Gasteiger partial charge in [-0.05, 0) is 31.0 Å². The smallest absolute Gasteiger partial charge is 0.0925 e. The fourth-order valence-electron chi connectivity index (χ4n) is 3.40. The van der Waals surface area contributed by atoms with E-state index in [4.69, 9.17) is 0 Å². The third kappa shape index (κ3) is 1.65. The highest BCUT2D eigenvalue weighted by Crippen LogP contribution is 2.43. The third-order valence-electron chi connectivity index (χ3n) is 4.77. The van der Waals surface area contributed by atoms with Gasteiger partial charge in [-0.25, -0.2) is 0 Å². The Hall–Kier alpha value is -1.06. The van der Waals surface area contributed by atoms with Crippen LogP contribution in [0.3, 0.4) is 0 Å². The van der Waals surface area contributed by atoms with Crippen LogP contribution in [0.2, 0.25) is 0 Å². The molecule has 2 aliphatic heterocycles. The molecule has 3 heteroatoms. The van der Waals surface area contributed by atoms with E-state index in [1.54, 1.807) is 0 Å². The summed E-state index contributed by atoms with van der Waals surface area (Å²) in [6.07, 6.45) is 1.74. The van der Waals surface area contributed by atoms with E-state index in [1.807, 2.05) is 6.07 Å². The Kier molecular flexibility index (Phi) is 2.65. The molecule has 0 saturated carbocycles. The number of anilines is 1. The number of piperidine rings is 1. The summed E-state index contributed by atoms with van der Waals surface area (Å²) < 4.78 is 0. The van der Waals surface area contributed by atoms with E-state index in [0.29, 0.717) is 0 Å². The summed E-state index contributed by atoms with van der Waals surface area (Å²) in [4.78, 5) is 0. The minimum absolute atomic E-state index is 0.106. The van der Waals surface area contributed by atoms with E-state index >= 15 is 0 Å². The number of nitrogens with one attached hydrogen (secondary N) is 2. The van der Waals surface area contributed by atoms with Crippen LogP contribution in [0.15, 0.2) is 24.3 Å². The van der Waals surface area contributed by atoms with Gasteiger partial charge in [-0.1, -0.05) is 32.0 Å². The average molecular weight is 246 g/mol. The lowest BCUT2D eigenvalue weighted by Crippen LogP contribution is -2.63. The topological polar surface area (TPSA) is 44.3 Å². The zero-order chi connectivity index (χ0) is 12.8. The second kappa shape index (κ2) is 3.97. The Labute approximate surface area is 109 Å². The zero-order valence-electron chi connectivity index (χ0n) is 11.2. The second-order valence-corrected chi connectivity index (χ2v) is 6.29. The first-order valence-electron chi connectivity index (χ1n) is 6.80. The highest BCUT2D eigenvalue weighted by Gasteiger charge is 2.51. The molecule has 0 spiro atoms. The number of hydrogen-bond acceptors (Lipinski definition) is 3.